The number of nitrogens with zero attached hydrogens (tertiary/aromatic N) is 2. The Morgan fingerprint density at radius 1 is 1.10 bits per heavy atom. The molecule has 0 atom stereocenters. The summed E-state index contributed by atoms with van der Waals surface area (Å²) in [5.41, 5.74) is 4.65. The minimum atomic E-state index is -0.134. The van der Waals surface area contributed by atoms with E-state index in [1.54, 1.807) is 12.1 Å². The Bertz CT molecular complexity index is 1070. The predicted octanol–water partition coefficient (Wildman–Crippen LogP) is 3.68. The molecule has 7 nitrogen and oxygen atoms in total. The van der Waals surface area contributed by atoms with Gasteiger partial charge in [-0.25, -0.2) is 4.98 Å². The number of likely N-dealkylation sites (tertiary alicyclic amines) is 1. The molecule has 156 valence electrons. The maximum absolute atomic E-state index is 12.7. The second-order valence-corrected chi connectivity index (χ2v) is 8.01. The van der Waals surface area contributed by atoms with Gasteiger partial charge in [0, 0.05) is 24.2 Å². The minimum Gasteiger partial charge on any atom is -0.341 e. The van der Waals surface area contributed by atoms with Crippen LogP contribution in [0, 0.1) is 12.8 Å². The van der Waals surface area contributed by atoms with E-state index in [0.29, 0.717) is 11.4 Å². The maximum Gasteiger partial charge on any atom is 0.227 e. The smallest absolute Gasteiger partial charge is 0.227 e. The van der Waals surface area contributed by atoms with Crippen molar-refractivity contribution in [3.8, 4) is 0 Å². The number of imidazole rings is 1. The molecule has 3 aromatic rings. The lowest BCUT2D eigenvalue weighted by Gasteiger charge is -2.30. The van der Waals surface area contributed by atoms with Gasteiger partial charge in [0.2, 0.25) is 11.8 Å². The van der Waals surface area contributed by atoms with Crippen molar-refractivity contribution in [3.63, 3.8) is 0 Å². The summed E-state index contributed by atoms with van der Waals surface area (Å²) in [6.07, 6.45) is 1.63. The number of aromatic amines is 1. The van der Waals surface area contributed by atoms with Crippen molar-refractivity contribution in [3.05, 3.63) is 53.9 Å². The van der Waals surface area contributed by atoms with Crippen LogP contribution in [-0.4, -0.2) is 39.8 Å². The maximum atomic E-state index is 12.7. The number of rotatable bonds is 5. The van der Waals surface area contributed by atoms with Crippen molar-refractivity contribution < 1.29 is 9.59 Å². The highest BCUT2D eigenvalue weighted by molar-refractivity contribution is 5.94. The van der Waals surface area contributed by atoms with Crippen molar-refractivity contribution in [2.24, 2.45) is 5.92 Å². The van der Waals surface area contributed by atoms with Crippen LogP contribution in [0.1, 0.15) is 31.2 Å². The molecule has 1 fully saturated rings. The fourth-order valence-electron chi connectivity index (χ4n) is 3.94. The molecule has 7 heteroatoms. The van der Waals surface area contributed by atoms with Gasteiger partial charge < -0.3 is 15.6 Å². The summed E-state index contributed by atoms with van der Waals surface area (Å²) in [6, 6.07) is 13.5. The van der Waals surface area contributed by atoms with Gasteiger partial charge in [-0.2, -0.15) is 0 Å². The van der Waals surface area contributed by atoms with E-state index in [4.69, 9.17) is 0 Å². The van der Waals surface area contributed by atoms with E-state index in [1.165, 1.54) is 12.5 Å². The molecule has 30 heavy (non-hydrogen) atoms. The Morgan fingerprint density at radius 3 is 2.57 bits per heavy atom. The average Bonchev–Trinajstić information content (AvgIpc) is 3.09. The first-order valence-corrected chi connectivity index (χ1v) is 10.3. The van der Waals surface area contributed by atoms with Crippen LogP contribution >= 0.6 is 0 Å². The summed E-state index contributed by atoms with van der Waals surface area (Å²) in [5, 5.41) is 5.72. The van der Waals surface area contributed by atoms with E-state index in [-0.39, 0.29) is 17.7 Å². The summed E-state index contributed by atoms with van der Waals surface area (Å²) >= 11 is 0. The topological polar surface area (TPSA) is 90.1 Å². The van der Waals surface area contributed by atoms with Crippen LogP contribution in [0.15, 0.2) is 42.5 Å². The fraction of sp³-hybridized carbons (Fsp3) is 0.348. The molecule has 0 saturated carbocycles. The number of fused-ring (bicyclic) bond motifs is 1. The number of carbonyl (C=O) groups excluding carboxylic acids is 2. The van der Waals surface area contributed by atoms with Crippen LogP contribution in [-0.2, 0) is 16.1 Å². The standard InChI is InChI=1S/C23H27N5O2/c1-15-6-7-20-21(12-15)27-22(26-20)14-28-10-8-17(9-11-28)23(30)25-19-5-3-4-18(13-19)24-16(2)29/h3-7,12-13,17H,8-11,14H2,1-2H3,(H,24,29)(H,25,30)(H,26,27). The molecule has 1 saturated heterocycles. The Balaban J connectivity index is 1.30. The number of nitrogens with one attached hydrogen (secondary N) is 3. The van der Waals surface area contributed by atoms with E-state index in [0.717, 1.165) is 49.3 Å². The van der Waals surface area contributed by atoms with Gasteiger partial charge in [0.15, 0.2) is 0 Å². The second kappa shape index (κ2) is 8.67. The molecular formula is C23H27N5O2. The summed E-state index contributed by atoms with van der Waals surface area (Å²) in [4.78, 5) is 34.3. The molecule has 3 N–H and O–H groups in total. The van der Waals surface area contributed by atoms with E-state index < -0.39 is 0 Å². The van der Waals surface area contributed by atoms with E-state index in [2.05, 4.69) is 44.6 Å². The Morgan fingerprint density at radius 2 is 1.83 bits per heavy atom. The minimum absolute atomic E-state index is 0.0102. The summed E-state index contributed by atoms with van der Waals surface area (Å²) in [7, 11) is 0. The van der Waals surface area contributed by atoms with Crippen molar-refractivity contribution in [1.29, 1.82) is 0 Å². The quantitative estimate of drug-likeness (QED) is 0.604. The van der Waals surface area contributed by atoms with Crippen LogP contribution in [0.3, 0.4) is 0 Å². The molecule has 2 aromatic carbocycles. The largest absolute Gasteiger partial charge is 0.341 e. The third kappa shape index (κ3) is 4.86. The second-order valence-electron chi connectivity index (χ2n) is 8.01. The summed E-state index contributed by atoms with van der Waals surface area (Å²) in [5.74, 6) is 0.858. The molecule has 0 unspecified atom stereocenters. The first-order valence-electron chi connectivity index (χ1n) is 10.3. The number of amides is 2. The number of carbonyl (C=O) groups is 2. The Hall–Kier alpha value is -3.19. The van der Waals surface area contributed by atoms with Crippen molar-refractivity contribution in [2.75, 3.05) is 23.7 Å². The zero-order valence-electron chi connectivity index (χ0n) is 17.4. The number of aromatic nitrogens is 2. The number of aryl methyl sites for hydroxylation is 1. The number of benzene rings is 2. The van der Waals surface area contributed by atoms with Gasteiger partial charge in [0.1, 0.15) is 5.82 Å². The summed E-state index contributed by atoms with van der Waals surface area (Å²) < 4.78 is 0. The number of H-pyrrole nitrogens is 1. The van der Waals surface area contributed by atoms with Crippen molar-refractivity contribution in [1.82, 2.24) is 14.9 Å². The highest BCUT2D eigenvalue weighted by atomic mass is 16.2. The molecule has 2 heterocycles. The summed E-state index contributed by atoms with van der Waals surface area (Å²) in [6.45, 7) is 6.03. The van der Waals surface area contributed by atoms with Crippen LogP contribution in [0.25, 0.3) is 11.0 Å². The average molecular weight is 406 g/mol. The zero-order valence-corrected chi connectivity index (χ0v) is 17.4. The van der Waals surface area contributed by atoms with Crippen molar-refractivity contribution in [2.45, 2.75) is 33.2 Å². The van der Waals surface area contributed by atoms with Gasteiger partial charge in [-0.1, -0.05) is 12.1 Å². The lowest BCUT2D eigenvalue weighted by Crippen LogP contribution is -2.38. The van der Waals surface area contributed by atoms with Crippen molar-refractivity contribution >= 4 is 34.2 Å². The third-order valence-electron chi connectivity index (χ3n) is 5.47. The lowest BCUT2D eigenvalue weighted by atomic mass is 9.96. The van der Waals surface area contributed by atoms with Crippen LogP contribution in [0.2, 0.25) is 0 Å². The molecule has 0 aliphatic carbocycles. The number of hydrogen-bond donors (Lipinski definition) is 3. The van der Waals surface area contributed by atoms with Crippen LogP contribution in [0.5, 0.6) is 0 Å². The molecule has 0 bridgehead atoms. The fourth-order valence-corrected chi connectivity index (χ4v) is 3.94. The Kier molecular flexibility index (Phi) is 5.81. The number of piperidine rings is 1. The SMILES string of the molecule is CC(=O)Nc1cccc(NC(=O)C2CCN(Cc3nc4ccc(C)cc4[nH]3)CC2)c1. The first kappa shape index (κ1) is 20.1. The predicted molar refractivity (Wildman–Crippen MR) is 118 cm³/mol. The molecular weight excluding hydrogens is 378 g/mol. The number of hydrogen-bond acceptors (Lipinski definition) is 4. The van der Waals surface area contributed by atoms with Gasteiger partial charge >= 0.3 is 0 Å². The molecule has 0 spiro atoms. The normalized spacial score (nSPS) is 15.3. The monoisotopic (exact) mass is 405 g/mol. The van der Waals surface area contributed by atoms with Gasteiger partial charge in [-0.15, -0.1) is 0 Å². The first-order chi connectivity index (χ1) is 14.5. The van der Waals surface area contributed by atoms with E-state index in [9.17, 15) is 9.59 Å². The Labute approximate surface area is 175 Å². The zero-order chi connectivity index (χ0) is 21.1. The highest BCUT2D eigenvalue weighted by Gasteiger charge is 2.25. The van der Waals surface area contributed by atoms with Gasteiger partial charge in [-0.3, -0.25) is 14.5 Å². The van der Waals surface area contributed by atoms with Crippen LogP contribution < -0.4 is 10.6 Å². The molecule has 1 aromatic heterocycles. The molecule has 4 rings (SSSR count). The molecule has 1 aliphatic rings. The van der Waals surface area contributed by atoms with Gasteiger partial charge in [-0.05, 0) is 68.8 Å². The third-order valence-corrected chi connectivity index (χ3v) is 5.47. The molecule has 2 amide bonds. The lowest BCUT2D eigenvalue weighted by molar-refractivity contribution is -0.121. The van der Waals surface area contributed by atoms with Gasteiger partial charge in [0.25, 0.3) is 0 Å². The van der Waals surface area contributed by atoms with Gasteiger partial charge in [0.05, 0.1) is 17.6 Å². The van der Waals surface area contributed by atoms with E-state index in [1.807, 2.05) is 18.2 Å². The molecule has 1 aliphatic heterocycles. The van der Waals surface area contributed by atoms with E-state index >= 15 is 0 Å². The molecule has 0 radical (unpaired) electrons. The highest BCUT2D eigenvalue weighted by Crippen LogP contribution is 2.22. The van der Waals surface area contributed by atoms with Crippen LogP contribution in [0.4, 0.5) is 11.4 Å². The number of anilines is 2.